The number of carbonyl (C=O) groups excluding carboxylic acids is 1. The first-order valence-corrected chi connectivity index (χ1v) is 5.36. The highest BCUT2D eigenvalue weighted by Crippen LogP contribution is 2.09. The van der Waals surface area contributed by atoms with Crippen LogP contribution in [0.4, 0.5) is 4.39 Å². The average molecular weight is 251 g/mol. The van der Waals surface area contributed by atoms with Gasteiger partial charge in [-0.2, -0.15) is 0 Å². The lowest BCUT2D eigenvalue weighted by Gasteiger charge is -2.12. The van der Waals surface area contributed by atoms with Crippen molar-refractivity contribution in [2.45, 2.75) is 19.4 Å². The molecule has 0 aliphatic carbocycles. The van der Waals surface area contributed by atoms with Gasteiger partial charge in [0.25, 0.3) is 5.91 Å². The number of aryl methyl sites for hydroxylation is 1. The van der Waals surface area contributed by atoms with E-state index in [4.69, 9.17) is 5.11 Å². The van der Waals surface area contributed by atoms with E-state index in [1.54, 1.807) is 6.92 Å². The summed E-state index contributed by atoms with van der Waals surface area (Å²) in [5.41, 5.74) is 0.515. The zero-order valence-corrected chi connectivity index (χ0v) is 9.94. The Morgan fingerprint density at radius 1 is 1.56 bits per heavy atom. The molecule has 0 aromatic heterocycles. The molecule has 96 valence electrons. The molecule has 1 atom stereocenters. The van der Waals surface area contributed by atoms with Gasteiger partial charge in [0.2, 0.25) is 0 Å². The zero-order valence-electron chi connectivity index (χ0n) is 9.94. The van der Waals surface area contributed by atoms with E-state index in [2.05, 4.69) is 11.9 Å². The summed E-state index contributed by atoms with van der Waals surface area (Å²) >= 11 is 0. The highest BCUT2D eigenvalue weighted by Gasteiger charge is 2.19. The summed E-state index contributed by atoms with van der Waals surface area (Å²) in [6, 6.07) is 2.94. The highest BCUT2D eigenvalue weighted by atomic mass is 19.1. The first-order valence-electron chi connectivity index (χ1n) is 5.36. The quantitative estimate of drug-likeness (QED) is 0.785. The van der Waals surface area contributed by atoms with Crippen LogP contribution in [-0.4, -0.2) is 23.0 Å². The Bertz CT molecular complexity index is 485. The van der Waals surface area contributed by atoms with E-state index >= 15 is 0 Å². The molecule has 2 N–H and O–H groups in total. The number of aliphatic carboxylic acids is 1. The lowest BCUT2D eigenvalue weighted by Crippen LogP contribution is -2.40. The molecular weight excluding hydrogens is 237 g/mol. The van der Waals surface area contributed by atoms with Crippen molar-refractivity contribution in [2.75, 3.05) is 0 Å². The smallest absolute Gasteiger partial charge is 0.326 e. The summed E-state index contributed by atoms with van der Waals surface area (Å²) in [4.78, 5) is 22.6. The maximum atomic E-state index is 13.3. The van der Waals surface area contributed by atoms with E-state index in [0.717, 1.165) is 6.07 Å². The standard InChI is InChI=1S/C13H14FNO3/c1-3-4-11(13(17)18)15-12(16)9-6-5-8(2)10(14)7-9/h3,5-7,11H,1,4H2,2H3,(H,15,16)(H,17,18). The van der Waals surface area contributed by atoms with E-state index < -0.39 is 23.7 Å². The van der Waals surface area contributed by atoms with Gasteiger partial charge in [-0.15, -0.1) is 6.58 Å². The summed E-state index contributed by atoms with van der Waals surface area (Å²) < 4.78 is 13.3. The van der Waals surface area contributed by atoms with Crippen LogP contribution in [0.25, 0.3) is 0 Å². The topological polar surface area (TPSA) is 66.4 Å². The Kier molecular flexibility index (Phi) is 4.59. The third-order valence-corrected chi connectivity index (χ3v) is 2.44. The summed E-state index contributed by atoms with van der Waals surface area (Å²) in [5, 5.41) is 11.2. The fourth-order valence-electron chi connectivity index (χ4n) is 1.36. The third-order valence-electron chi connectivity index (χ3n) is 2.44. The molecule has 0 bridgehead atoms. The molecule has 1 aromatic carbocycles. The Morgan fingerprint density at radius 3 is 2.72 bits per heavy atom. The van der Waals surface area contributed by atoms with Crippen molar-refractivity contribution in [2.24, 2.45) is 0 Å². The summed E-state index contributed by atoms with van der Waals surface area (Å²) in [7, 11) is 0. The number of benzene rings is 1. The van der Waals surface area contributed by atoms with Crippen LogP contribution in [0.15, 0.2) is 30.9 Å². The van der Waals surface area contributed by atoms with Crippen molar-refractivity contribution < 1.29 is 19.1 Å². The molecule has 0 heterocycles. The van der Waals surface area contributed by atoms with Crippen molar-refractivity contribution in [1.29, 1.82) is 0 Å². The van der Waals surface area contributed by atoms with E-state index in [9.17, 15) is 14.0 Å². The van der Waals surface area contributed by atoms with Gasteiger partial charge >= 0.3 is 5.97 Å². The molecule has 0 aliphatic rings. The molecule has 0 saturated heterocycles. The number of nitrogens with one attached hydrogen (secondary N) is 1. The molecule has 0 radical (unpaired) electrons. The second-order valence-corrected chi connectivity index (χ2v) is 3.85. The molecule has 18 heavy (non-hydrogen) atoms. The van der Waals surface area contributed by atoms with Crippen molar-refractivity contribution >= 4 is 11.9 Å². The normalized spacial score (nSPS) is 11.7. The Labute approximate surface area is 104 Å². The number of hydrogen-bond acceptors (Lipinski definition) is 2. The predicted octanol–water partition coefficient (Wildman–Crippen LogP) is 1.89. The van der Waals surface area contributed by atoms with Crippen LogP contribution < -0.4 is 5.32 Å². The minimum atomic E-state index is -1.16. The molecule has 1 unspecified atom stereocenters. The number of halogens is 1. The monoisotopic (exact) mass is 251 g/mol. The van der Waals surface area contributed by atoms with Crippen LogP contribution >= 0.6 is 0 Å². The van der Waals surface area contributed by atoms with Crippen LogP contribution in [-0.2, 0) is 4.79 Å². The van der Waals surface area contributed by atoms with E-state index in [0.29, 0.717) is 5.56 Å². The molecule has 0 aliphatic heterocycles. The van der Waals surface area contributed by atoms with Gasteiger partial charge in [0.1, 0.15) is 11.9 Å². The number of amides is 1. The molecule has 1 amide bonds. The number of carboxylic acid groups (broad SMARTS) is 1. The minimum absolute atomic E-state index is 0.0911. The van der Waals surface area contributed by atoms with E-state index in [1.165, 1.54) is 18.2 Å². The van der Waals surface area contributed by atoms with Gasteiger partial charge in [-0.05, 0) is 31.0 Å². The lowest BCUT2D eigenvalue weighted by atomic mass is 10.1. The van der Waals surface area contributed by atoms with Crippen LogP contribution in [0.5, 0.6) is 0 Å². The summed E-state index contributed by atoms with van der Waals surface area (Å²) in [6.45, 7) is 4.99. The molecule has 5 heteroatoms. The molecular formula is C13H14FNO3. The highest BCUT2D eigenvalue weighted by molar-refractivity contribution is 5.96. The molecule has 1 rings (SSSR count). The van der Waals surface area contributed by atoms with E-state index in [-0.39, 0.29) is 12.0 Å². The zero-order chi connectivity index (χ0) is 13.7. The second kappa shape index (κ2) is 5.95. The Morgan fingerprint density at radius 2 is 2.22 bits per heavy atom. The minimum Gasteiger partial charge on any atom is -0.480 e. The second-order valence-electron chi connectivity index (χ2n) is 3.85. The lowest BCUT2D eigenvalue weighted by molar-refractivity contribution is -0.139. The largest absolute Gasteiger partial charge is 0.480 e. The Hall–Kier alpha value is -2.17. The van der Waals surface area contributed by atoms with Crippen LogP contribution in [0.3, 0.4) is 0 Å². The van der Waals surface area contributed by atoms with Gasteiger partial charge in [-0.25, -0.2) is 9.18 Å². The van der Waals surface area contributed by atoms with Crippen molar-refractivity contribution in [1.82, 2.24) is 5.32 Å². The van der Waals surface area contributed by atoms with Gasteiger partial charge in [-0.3, -0.25) is 4.79 Å². The van der Waals surface area contributed by atoms with Gasteiger partial charge in [0, 0.05) is 5.56 Å². The number of carbonyl (C=O) groups is 2. The maximum absolute atomic E-state index is 13.3. The Balaban J connectivity index is 2.83. The van der Waals surface area contributed by atoms with Gasteiger partial charge in [0.05, 0.1) is 0 Å². The summed E-state index contributed by atoms with van der Waals surface area (Å²) in [6.07, 6.45) is 1.50. The maximum Gasteiger partial charge on any atom is 0.326 e. The van der Waals surface area contributed by atoms with Crippen LogP contribution in [0, 0.1) is 12.7 Å². The average Bonchev–Trinajstić information content (AvgIpc) is 2.31. The number of hydrogen-bond donors (Lipinski definition) is 2. The third kappa shape index (κ3) is 3.41. The fourth-order valence-corrected chi connectivity index (χ4v) is 1.36. The number of carboxylic acids is 1. The van der Waals surface area contributed by atoms with E-state index in [1.807, 2.05) is 0 Å². The van der Waals surface area contributed by atoms with Crippen molar-refractivity contribution in [3.63, 3.8) is 0 Å². The van der Waals surface area contributed by atoms with Crippen molar-refractivity contribution in [3.8, 4) is 0 Å². The molecule has 1 aromatic rings. The molecule has 0 fully saturated rings. The first kappa shape index (κ1) is 13.9. The summed E-state index contributed by atoms with van der Waals surface area (Å²) in [5.74, 6) is -2.28. The number of rotatable bonds is 5. The molecule has 4 nitrogen and oxygen atoms in total. The van der Waals surface area contributed by atoms with Gasteiger partial charge in [0.15, 0.2) is 0 Å². The van der Waals surface area contributed by atoms with Gasteiger partial charge < -0.3 is 10.4 Å². The van der Waals surface area contributed by atoms with Crippen molar-refractivity contribution in [3.05, 3.63) is 47.8 Å². The molecule has 0 spiro atoms. The van der Waals surface area contributed by atoms with Crippen LogP contribution in [0.1, 0.15) is 22.3 Å². The predicted molar refractivity (Wildman–Crippen MR) is 64.8 cm³/mol. The van der Waals surface area contributed by atoms with Crippen LogP contribution in [0.2, 0.25) is 0 Å². The fraction of sp³-hybridized carbons (Fsp3) is 0.231. The first-order chi connectivity index (χ1) is 8.45. The SMILES string of the molecule is C=CCC(NC(=O)c1ccc(C)c(F)c1)C(=O)O. The molecule has 0 saturated carbocycles. The van der Waals surface area contributed by atoms with Gasteiger partial charge in [-0.1, -0.05) is 12.1 Å².